The molecule has 3 rings (SSSR count). The van der Waals surface area contributed by atoms with Crippen molar-refractivity contribution in [1.82, 2.24) is 15.6 Å². The third-order valence-electron chi connectivity index (χ3n) is 3.76. The fourth-order valence-corrected chi connectivity index (χ4v) is 2.92. The molecule has 0 saturated carbocycles. The number of aromatic nitrogens is 1. The number of urea groups is 1. The van der Waals surface area contributed by atoms with Crippen LogP contribution in [-0.4, -0.2) is 48.8 Å². The van der Waals surface area contributed by atoms with E-state index in [0.717, 1.165) is 6.20 Å². The molecule has 12 heteroatoms. The molecule has 0 saturated heterocycles. The molecule has 0 spiro atoms. The molecule has 2 heterocycles. The van der Waals surface area contributed by atoms with Crippen LogP contribution < -0.4 is 20.1 Å². The summed E-state index contributed by atoms with van der Waals surface area (Å²) in [4.78, 5) is 39.3. The summed E-state index contributed by atoms with van der Waals surface area (Å²) in [5.74, 6) is -0.677. The highest BCUT2D eigenvalue weighted by molar-refractivity contribution is 6.48. The lowest BCUT2D eigenvalue weighted by Crippen LogP contribution is -2.46. The summed E-state index contributed by atoms with van der Waals surface area (Å²) in [5.41, 5.74) is -0.307. The molecule has 2 N–H and O–H groups in total. The molecule has 1 aliphatic heterocycles. The normalized spacial score (nSPS) is 14.6. The molecule has 1 atom stereocenters. The highest BCUT2D eigenvalue weighted by atomic mass is 35.5. The van der Waals surface area contributed by atoms with Crippen molar-refractivity contribution in [2.75, 3.05) is 19.8 Å². The number of esters is 1. The van der Waals surface area contributed by atoms with E-state index >= 15 is 0 Å². The van der Waals surface area contributed by atoms with Gasteiger partial charge in [-0.05, 0) is 12.1 Å². The van der Waals surface area contributed by atoms with Gasteiger partial charge in [-0.2, -0.15) is 0 Å². The molecule has 1 aliphatic rings. The standard InChI is InChI=1S/C18H14Cl3N3O6/c19-10-6-22-16(15(21)14(10)20)17(26)29-8-13(25)24-18(27)23-5-9-7-28-11-3-1-2-4-12(11)30-9/h1-4,6,9H,5,7-8H2,(H2,23,24,25,27). The maximum atomic E-state index is 12.0. The fraction of sp³-hybridized carbons (Fsp3) is 0.222. The third-order valence-corrected chi connectivity index (χ3v) is 5.00. The van der Waals surface area contributed by atoms with Gasteiger partial charge >= 0.3 is 12.0 Å². The van der Waals surface area contributed by atoms with Crippen LogP contribution in [0.2, 0.25) is 15.1 Å². The first-order chi connectivity index (χ1) is 14.3. The minimum absolute atomic E-state index is 0.0588. The first-order valence-corrected chi connectivity index (χ1v) is 9.61. The summed E-state index contributed by atoms with van der Waals surface area (Å²) in [6, 6.07) is 6.34. The summed E-state index contributed by atoms with van der Waals surface area (Å²) in [6.07, 6.45) is 0.691. The Labute approximate surface area is 185 Å². The molecule has 1 aromatic heterocycles. The van der Waals surface area contributed by atoms with Gasteiger partial charge in [0.2, 0.25) is 0 Å². The predicted octanol–water partition coefficient (Wildman–Crippen LogP) is 2.86. The lowest BCUT2D eigenvalue weighted by molar-refractivity contribution is -0.123. The van der Waals surface area contributed by atoms with Gasteiger partial charge in [0.25, 0.3) is 5.91 Å². The molecular weight excluding hydrogens is 461 g/mol. The first kappa shape index (κ1) is 21.9. The molecule has 0 radical (unpaired) electrons. The van der Waals surface area contributed by atoms with Gasteiger partial charge in [0.15, 0.2) is 29.9 Å². The SMILES string of the molecule is O=C(COC(=O)c1ncc(Cl)c(Cl)c1Cl)NC(=O)NCC1COc2ccccc2O1. The van der Waals surface area contributed by atoms with E-state index in [1.807, 2.05) is 11.4 Å². The average molecular weight is 475 g/mol. The topological polar surface area (TPSA) is 116 Å². The van der Waals surface area contributed by atoms with Crippen molar-refractivity contribution in [2.24, 2.45) is 0 Å². The van der Waals surface area contributed by atoms with Gasteiger partial charge < -0.3 is 19.5 Å². The van der Waals surface area contributed by atoms with Crippen LogP contribution in [-0.2, 0) is 9.53 Å². The average Bonchev–Trinajstić information content (AvgIpc) is 2.74. The lowest BCUT2D eigenvalue weighted by atomic mass is 10.2. The van der Waals surface area contributed by atoms with Crippen LogP contribution in [0, 0.1) is 0 Å². The number of hydrogen-bond acceptors (Lipinski definition) is 7. The second kappa shape index (κ2) is 9.84. The number of nitrogens with zero attached hydrogens (tertiary/aromatic N) is 1. The van der Waals surface area contributed by atoms with Crippen LogP contribution in [0.3, 0.4) is 0 Å². The molecule has 0 aliphatic carbocycles. The number of nitrogens with one attached hydrogen (secondary N) is 2. The Hall–Kier alpha value is -2.75. The first-order valence-electron chi connectivity index (χ1n) is 8.48. The summed E-state index contributed by atoms with van der Waals surface area (Å²) in [5, 5.41) is 4.28. The van der Waals surface area contributed by atoms with Gasteiger partial charge in [0.1, 0.15) is 6.61 Å². The number of carbonyl (C=O) groups excluding carboxylic acids is 3. The molecule has 158 valence electrons. The zero-order chi connectivity index (χ0) is 21.7. The number of rotatable bonds is 5. The Bertz CT molecular complexity index is 988. The Morgan fingerprint density at radius 3 is 2.63 bits per heavy atom. The largest absolute Gasteiger partial charge is 0.486 e. The summed E-state index contributed by atoms with van der Waals surface area (Å²) in [6.45, 7) is -0.406. The van der Waals surface area contributed by atoms with Crippen LogP contribution in [0.5, 0.6) is 11.5 Å². The molecule has 3 amide bonds. The van der Waals surface area contributed by atoms with Gasteiger partial charge in [-0.1, -0.05) is 46.9 Å². The second-order valence-electron chi connectivity index (χ2n) is 5.91. The molecule has 0 fully saturated rings. The van der Waals surface area contributed by atoms with Crippen molar-refractivity contribution in [3.8, 4) is 11.5 Å². The molecule has 2 aromatic rings. The molecule has 1 aromatic carbocycles. The number of pyridine rings is 1. The molecule has 1 unspecified atom stereocenters. The second-order valence-corrected chi connectivity index (χ2v) is 7.08. The number of ether oxygens (including phenoxy) is 3. The van der Waals surface area contributed by atoms with Crippen molar-refractivity contribution in [3.63, 3.8) is 0 Å². The van der Waals surface area contributed by atoms with Gasteiger partial charge in [-0.25, -0.2) is 14.6 Å². The zero-order valence-corrected chi connectivity index (χ0v) is 17.4. The molecule has 0 bridgehead atoms. The van der Waals surface area contributed by atoms with E-state index in [9.17, 15) is 14.4 Å². The number of para-hydroxylation sites is 2. The van der Waals surface area contributed by atoms with E-state index in [2.05, 4.69) is 10.3 Å². The van der Waals surface area contributed by atoms with E-state index in [1.165, 1.54) is 0 Å². The van der Waals surface area contributed by atoms with Crippen LogP contribution in [0.1, 0.15) is 10.5 Å². The monoisotopic (exact) mass is 473 g/mol. The summed E-state index contributed by atoms with van der Waals surface area (Å²) < 4.78 is 16.0. The van der Waals surface area contributed by atoms with E-state index in [0.29, 0.717) is 11.5 Å². The van der Waals surface area contributed by atoms with Crippen LogP contribution in [0.15, 0.2) is 30.5 Å². The van der Waals surface area contributed by atoms with Crippen molar-refractivity contribution < 1.29 is 28.6 Å². The highest BCUT2D eigenvalue weighted by Gasteiger charge is 2.22. The van der Waals surface area contributed by atoms with Gasteiger partial charge in [-0.15, -0.1) is 0 Å². The Balaban J connectivity index is 1.41. The maximum Gasteiger partial charge on any atom is 0.359 e. The lowest BCUT2D eigenvalue weighted by Gasteiger charge is -2.26. The summed E-state index contributed by atoms with van der Waals surface area (Å²) in [7, 11) is 0. The Kier molecular flexibility index (Phi) is 7.20. The van der Waals surface area contributed by atoms with E-state index < -0.39 is 30.6 Å². The van der Waals surface area contributed by atoms with Gasteiger partial charge in [-0.3, -0.25) is 10.1 Å². The quantitative estimate of drug-likeness (QED) is 0.640. The van der Waals surface area contributed by atoms with Crippen LogP contribution >= 0.6 is 34.8 Å². The minimum Gasteiger partial charge on any atom is -0.486 e. The van der Waals surface area contributed by atoms with E-state index in [1.54, 1.807) is 18.2 Å². The van der Waals surface area contributed by atoms with Gasteiger partial charge in [0, 0.05) is 6.20 Å². The highest BCUT2D eigenvalue weighted by Crippen LogP contribution is 2.31. The van der Waals surface area contributed by atoms with Crippen molar-refractivity contribution in [3.05, 3.63) is 51.2 Å². The number of amides is 3. The molecule has 9 nitrogen and oxygen atoms in total. The predicted molar refractivity (Wildman–Crippen MR) is 107 cm³/mol. The smallest absolute Gasteiger partial charge is 0.359 e. The number of fused-ring (bicyclic) bond motifs is 1. The number of imide groups is 1. The van der Waals surface area contributed by atoms with Crippen LogP contribution in [0.4, 0.5) is 4.79 Å². The minimum atomic E-state index is -0.999. The van der Waals surface area contributed by atoms with Gasteiger partial charge in [0.05, 0.1) is 21.6 Å². The Morgan fingerprint density at radius 2 is 1.87 bits per heavy atom. The van der Waals surface area contributed by atoms with E-state index in [-0.39, 0.29) is 33.9 Å². The third kappa shape index (κ3) is 5.44. The number of benzene rings is 1. The number of halogens is 3. The molecule has 30 heavy (non-hydrogen) atoms. The van der Waals surface area contributed by atoms with Crippen molar-refractivity contribution in [2.45, 2.75) is 6.10 Å². The number of carbonyl (C=O) groups is 3. The fourth-order valence-electron chi connectivity index (χ4n) is 2.36. The van der Waals surface area contributed by atoms with Crippen molar-refractivity contribution >= 4 is 52.7 Å². The van der Waals surface area contributed by atoms with Crippen LogP contribution in [0.25, 0.3) is 0 Å². The summed E-state index contributed by atoms with van der Waals surface area (Å²) >= 11 is 17.4. The van der Waals surface area contributed by atoms with Crippen molar-refractivity contribution in [1.29, 1.82) is 0 Å². The molecular formula is C18H14Cl3N3O6. The zero-order valence-electron chi connectivity index (χ0n) is 15.1. The van der Waals surface area contributed by atoms with E-state index in [4.69, 9.17) is 49.0 Å². The number of hydrogen-bond donors (Lipinski definition) is 2. The maximum absolute atomic E-state index is 12.0. The Morgan fingerprint density at radius 1 is 1.13 bits per heavy atom.